The topological polar surface area (TPSA) is 163 Å². The molecule has 0 aromatic heterocycles. The van der Waals surface area contributed by atoms with E-state index >= 15 is 0 Å². The quantitative estimate of drug-likeness (QED) is 0.0966. The predicted octanol–water partition coefficient (Wildman–Crippen LogP) is 8.85. The summed E-state index contributed by atoms with van der Waals surface area (Å²) in [5, 5.41) is 5.52. The Morgan fingerprint density at radius 3 is 1.04 bits per heavy atom. The average molecular weight is 749 g/mol. The van der Waals surface area contributed by atoms with Crippen molar-refractivity contribution < 1.29 is 47.7 Å². The molecular weight excluding hydrogens is 716 g/mol. The summed E-state index contributed by atoms with van der Waals surface area (Å²) in [6.07, 6.45) is 0. The SMILES string of the molecule is CC(=O)OC(=O)c1cccc(C(=O)Nc2ccc(Oc3ccccc3)cc2)c1-c1c(C(=O)Nc2ccc(Oc3ccccc3)cc2)cccc1C(=O)OC(C)=O. The Bertz CT molecular complexity index is 2260. The molecule has 0 unspecified atom stereocenters. The molecule has 0 aliphatic carbocycles. The minimum atomic E-state index is -1.17. The lowest BCUT2D eigenvalue weighted by atomic mass is 9.87. The van der Waals surface area contributed by atoms with Gasteiger partial charge in [-0.15, -0.1) is 0 Å². The third-order valence-electron chi connectivity index (χ3n) is 7.96. The highest BCUT2D eigenvalue weighted by Gasteiger charge is 2.30. The summed E-state index contributed by atoms with van der Waals surface area (Å²) in [5.74, 6) is -3.54. The zero-order valence-electron chi connectivity index (χ0n) is 29.9. The summed E-state index contributed by atoms with van der Waals surface area (Å²) in [4.78, 5) is 79.2. The number of hydrogen-bond donors (Lipinski definition) is 2. The minimum Gasteiger partial charge on any atom is -0.457 e. The summed E-state index contributed by atoms with van der Waals surface area (Å²) >= 11 is 0. The van der Waals surface area contributed by atoms with Crippen LogP contribution in [-0.4, -0.2) is 35.7 Å². The Morgan fingerprint density at radius 2 is 0.696 bits per heavy atom. The van der Waals surface area contributed by atoms with Crippen molar-refractivity contribution in [2.75, 3.05) is 10.6 Å². The Balaban J connectivity index is 1.41. The molecule has 0 aliphatic heterocycles. The molecule has 278 valence electrons. The van der Waals surface area contributed by atoms with Crippen LogP contribution in [0.5, 0.6) is 23.0 Å². The predicted molar refractivity (Wildman–Crippen MR) is 206 cm³/mol. The highest BCUT2D eigenvalue weighted by atomic mass is 16.6. The van der Waals surface area contributed by atoms with Crippen molar-refractivity contribution in [3.63, 3.8) is 0 Å². The number of carbonyl (C=O) groups excluding carboxylic acids is 6. The van der Waals surface area contributed by atoms with Gasteiger partial charge >= 0.3 is 23.9 Å². The number of benzene rings is 6. The summed E-state index contributed by atoms with van der Waals surface area (Å²) in [5.41, 5.74) is -0.862. The van der Waals surface area contributed by atoms with Gasteiger partial charge in [0, 0.05) is 47.5 Å². The Morgan fingerprint density at radius 1 is 0.375 bits per heavy atom. The van der Waals surface area contributed by atoms with Gasteiger partial charge in [-0.1, -0.05) is 48.5 Å². The number of nitrogens with one attached hydrogen (secondary N) is 2. The number of para-hydroxylation sites is 2. The first-order valence-corrected chi connectivity index (χ1v) is 17.1. The molecule has 6 rings (SSSR count). The molecule has 0 bridgehead atoms. The van der Waals surface area contributed by atoms with E-state index < -0.39 is 35.7 Å². The number of esters is 4. The molecule has 0 fully saturated rings. The van der Waals surface area contributed by atoms with Crippen LogP contribution in [0.25, 0.3) is 11.1 Å². The second-order valence-electron chi connectivity index (χ2n) is 12.0. The maximum Gasteiger partial charge on any atom is 0.346 e. The van der Waals surface area contributed by atoms with Crippen molar-refractivity contribution in [3.8, 4) is 34.1 Å². The lowest BCUT2D eigenvalue weighted by Gasteiger charge is -2.19. The van der Waals surface area contributed by atoms with Crippen LogP contribution >= 0.6 is 0 Å². The number of rotatable bonds is 11. The van der Waals surface area contributed by atoms with Crippen LogP contribution in [-0.2, 0) is 19.1 Å². The van der Waals surface area contributed by atoms with Crippen molar-refractivity contribution in [3.05, 3.63) is 168 Å². The monoisotopic (exact) mass is 748 g/mol. The summed E-state index contributed by atoms with van der Waals surface area (Å²) in [7, 11) is 0. The maximum absolute atomic E-state index is 14.1. The summed E-state index contributed by atoms with van der Waals surface area (Å²) < 4.78 is 21.5. The normalized spacial score (nSPS) is 10.4. The molecule has 0 spiro atoms. The van der Waals surface area contributed by atoms with Gasteiger partial charge in [-0.2, -0.15) is 0 Å². The molecular formula is C44H32N2O10. The van der Waals surface area contributed by atoms with E-state index in [1.165, 1.54) is 36.4 Å². The molecule has 0 heterocycles. The van der Waals surface area contributed by atoms with Crippen molar-refractivity contribution in [2.24, 2.45) is 0 Å². The average Bonchev–Trinajstić information content (AvgIpc) is 3.19. The van der Waals surface area contributed by atoms with E-state index in [0.717, 1.165) is 13.8 Å². The molecule has 12 heteroatoms. The lowest BCUT2D eigenvalue weighted by Crippen LogP contribution is -2.21. The fraction of sp³-hybridized carbons (Fsp3) is 0.0455. The van der Waals surface area contributed by atoms with Gasteiger partial charge < -0.3 is 29.6 Å². The van der Waals surface area contributed by atoms with E-state index in [1.807, 2.05) is 36.4 Å². The van der Waals surface area contributed by atoms with E-state index in [1.54, 1.807) is 72.8 Å². The molecule has 12 nitrogen and oxygen atoms in total. The largest absolute Gasteiger partial charge is 0.457 e. The molecule has 0 radical (unpaired) electrons. The van der Waals surface area contributed by atoms with Crippen molar-refractivity contribution in [1.29, 1.82) is 0 Å². The summed E-state index contributed by atoms with van der Waals surface area (Å²) in [6.45, 7) is 2.04. The standard InChI is InChI=1S/C44H32N2O10/c1-27(47)53-43(51)37-17-9-15-35(41(49)45-29-19-23-33(24-20-29)55-31-11-5-3-6-12-31)39(37)40-36(16-10-18-38(40)44(52)54-28(2)48)42(50)46-30-21-25-34(26-22-30)56-32-13-7-4-8-14-32/h3-26H,1-2H3,(H,45,49)(H,46,50). The van der Waals surface area contributed by atoms with Crippen LogP contribution in [0.4, 0.5) is 11.4 Å². The van der Waals surface area contributed by atoms with Gasteiger partial charge in [0.2, 0.25) is 0 Å². The third kappa shape index (κ3) is 9.38. The Kier molecular flexibility index (Phi) is 11.7. The second-order valence-corrected chi connectivity index (χ2v) is 12.0. The second kappa shape index (κ2) is 17.3. The highest BCUT2D eigenvalue weighted by molar-refractivity contribution is 6.20. The van der Waals surface area contributed by atoms with Crippen LogP contribution in [0.1, 0.15) is 55.3 Å². The van der Waals surface area contributed by atoms with Gasteiger partial charge in [0.05, 0.1) is 11.1 Å². The number of carbonyl (C=O) groups is 6. The van der Waals surface area contributed by atoms with Gasteiger partial charge in [-0.25, -0.2) is 9.59 Å². The molecule has 0 saturated carbocycles. The van der Waals surface area contributed by atoms with Crippen molar-refractivity contribution in [1.82, 2.24) is 0 Å². The van der Waals surface area contributed by atoms with Gasteiger partial charge in [0.25, 0.3) is 11.8 Å². The van der Waals surface area contributed by atoms with E-state index in [0.29, 0.717) is 34.4 Å². The van der Waals surface area contributed by atoms with Gasteiger partial charge in [-0.3, -0.25) is 19.2 Å². The fourth-order valence-corrected chi connectivity index (χ4v) is 5.59. The zero-order chi connectivity index (χ0) is 39.6. The number of amides is 2. The molecule has 56 heavy (non-hydrogen) atoms. The smallest absolute Gasteiger partial charge is 0.346 e. The van der Waals surface area contributed by atoms with Crippen LogP contribution in [0, 0.1) is 0 Å². The molecule has 0 saturated heterocycles. The first-order chi connectivity index (χ1) is 27.0. The number of anilines is 2. The van der Waals surface area contributed by atoms with E-state index in [-0.39, 0.29) is 33.4 Å². The molecule has 6 aromatic carbocycles. The Hall–Kier alpha value is -7.86. The zero-order valence-corrected chi connectivity index (χ0v) is 29.9. The van der Waals surface area contributed by atoms with E-state index in [9.17, 15) is 28.8 Å². The molecule has 0 atom stereocenters. The van der Waals surface area contributed by atoms with E-state index in [4.69, 9.17) is 18.9 Å². The van der Waals surface area contributed by atoms with E-state index in [2.05, 4.69) is 10.6 Å². The molecule has 0 aliphatic rings. The first kappa shape index (κ1) is 37.9. The Labute approximate surface area is 320 Å². The van der Waals surface area contributed by atoms with Gasteiger partial charge in [-0.05, 0) is 97.1 Å². The van der Waals surface area contributed by atoms with Crippen molar-refractivity contribution in [2.45, 2.75) is 13.8 Å². The van der Waals surface area contributed by atoms with Crippen LogP contribution < -0.4 is 20.1 Å². The van der Waals surface area contributed by atoms with Gasteiger partial charge in [0.1, 0.15) is 23.0 Å². The molecule has 2 amide bonds. The third-order valence-corrected chi connectivity index (χ3v) is 7.96. The van der Waals surface area contributed by atoms with Crippen molar-refractivity contribution >= 4 is 47.1 Å². The fourth-order valence-electron chi connectivity index (χ4n) is 5.59. The lowest BCUT2D eigenvalue weighted by molar-refractivity contribution is -0.136. The number of hydrogen-bond acceptors (Lipinski definition) is 10. The van der Waals surface area contributed by atoms with Crippen LogP contribution in [0.15, 0.2) is 146 Å². The maximum atomic E-state index is 14.1. The van der Waals surface area contributed by atoms with Crippen LogP contribution in [0.2, 0.25) is 0 Å². The first-order valence-electron chi connectivity index (χ1n) is 17.1. The number of ether oxygens (including phenoxy) is 4. The highest BCUT2D eigenvalue weighted by Crippen LogP contribution is 2.36. The van der Waals surface area contributed by atoms with Crippen LogP contribution in [0.3, 0.4) is 0 Å². The molecule has 2 N–H and O–H groups in total. The summed E-state index contributed by atoms with van der Waals surface area (Å²) in [6, 6.07) is 39.1. The molecule has 6 aromatic rings. The minimum absolute atomic E-state index is 0.188. The van der Waals surface area contributed by atoms with Gasteiger partial charge in [0.15, 0.2) is 0 Å².